The Kier molecular flexibility index (Phi) is 3.21. The molecule has 0 saturated carbocycles. The normalized spacial score (nSPS) is 11.9. The van der Waals surface area contributed by atoms with E-state index in [9.17, 15) is 31.5 Å². The second kappa shape index (κ2) is 4.15. The standard InChI is InChI=1S/C8H4F5NO3/c9-6(10)2-1-3(15)4(7(16)17)5(14-2)8(11,12)13/h1,6H,(H,14,15)(H,16,17). The number of aromatic amines is 1. The summed E-state index contributed by atoms with van der Waals surface area (Å²) in [7, 11) is 0. The van der Waals surface area contributed by atoms with Gasteiger partial charge >= 0.3 is 12.1 Å². The van der Waals surface area contributed by atoms with E-state index in [4.69, 9.17) is 5.11 Å². The number of nitrogens with one attached hydrogen (secondary N) is 1. The summed E-state index contributed by atoms with van der Waals surface area (Å²) in [5, 5.41) is 8.43. The lowest BCUT2D eigenvalue weighted by Crippen LogP contribution is -2.25. The van der Waals surface area contributed by atoms with Gasteiger partial charge in [0.1, 0.15) is 11.3 Å². The van der Waals surface area contributed by atoms with E-state index < -0.39 is 41.0 Å². The largest absolute Gasteiger partial charge is 0.477 e. The number of alkyl halides is 5. The highest BCUT2D eigenvalue weighted by Gasteiger charge is 2.38. The van der Waals surface area contributed by atoms with Gasteiger partial charge in [0.05, 0.1) is 5.69 Å². The van der Waals surface area contributed by atoms with Crippen molar-refractivity contribution in [3.8, 4) is 0 Å². The van der Waals surface area contributed by atoms with Gasteiger partial charge in [-0.25, -0.2) is 13.6 Å². The van der Waals surface area contributed by atoms with Crippen LogP contribution in [0.5, 0.6) is 0 Å². The number of halogens is 5. The highest BCUT2D eigenvalue weighted by atomic mass is 19.4. The summed E-state index contributed by atoms with van der Waals surface area (Å²) in [6.07, 6.45) is -8.58. The van der Waals surface area contributed by atoms with Gasteiger partial charge in [-0.1, -0.05) is 0 Å². The molecule has 9 heteroatoms. The number of carboxylic acids is 1. The minimum Gasteiger partial charge on any atom is -0.477 e. The van der Waals surface area contributed by atoms with Gasteiger partial charge in [0.15, 0.2) is 5.43 Å². The Labute approximate surface area is 89.7 Å². The van der Waals surface area contributed by atoms with E-state index in [1.165, 1.54) is 4.98 Å². The van der Waals surface area contributed by atoms with Crippen LogP contribution in [-0.4, -0.2) is 16.1 Å². The average Bonchev–Trinajstić information content (AvgIpc) is 2.14. The summed E-state index contributed by atoms with van der Waals surface area (Å²) in [6, 6.07) is 0.128. The molecule has 0 spiro atoms. The molecule has 1 aromatic rings. The number of rotatable bonds is 2. The van der Waals surface area contributed by atoms with Gasteiger partial charge in [0.2, 0.25) is 0 Å². The van der Waals surface area contributed by atoms with Crippen molar-refractivity contribution >= 4 is 5.97 Å². The van der Waals surface area contributed by atoms with Gasteiger partial charge in [0.25, 0.3) is 6.43 Å². The van der Waals surface area contributed by atoms with Crippen molar-refractivity contribution in [2.75, 3.05) is 0 Å². The maximum Gasteiger partial charge on any atom is 0.432 e. The fraction of sp³-hybridized carbons (Fsp3) is 0.250. The lowest BCUT2D eigenvalue weighted by Gasteiger charge is -2.11. The van der Waals surface area contributed by atoms with Gasteiger partial charge in [-0.15, -0.1) is 0 Å². The molecular weight excluding hydrogens is 253 g/mol. The fourth-order valence-electron chi connectivity index (χ4n) is 1.12. The van der Waals surface area contributed by atoms with Crippen molar-refractivity contribution in [3.63, 3.8) is 0 Å². The van der Waals surface area contributed by atoms with Crippen LogP contribution in [-0.2, 0) is 6.18 Å². The second-order valence-electron chi connectivity index (χ2n) is 2.94. The molecule has 0 radical (unpaired) electrons. The quantitative estimate of drug-likeness (QED) is 0.796. The molecule has 17 heavy (non-hydrogen) atoms. The Bertz CT molecular complexity index is 505. The van der Waals surface area contributed by atoms with Crippen molar-refractivity contribution in [1.82, 2.24) is 4.98 Å². The molecule has 2 N–H and O–H groups in total. The zero-order valence-corrected chi connectivity index (χ0v) is 7.81. The third-order valence-electron chi connectivity index (χ3n) is 1.78. The highest BCUT2D eigenvalue weighted by molar-refractivity contribution is 5.88. The molecule has 0 aliphatic rings. The fourth-order valence-corrected chi connectivity index (χ4v) is 1.12. The summed E-state index contributed by atoms with van der Waals surface area (Å²) >= 11 is 0. The van der Waals surface area contributed by atoms with E-state index >= 15 is 0 Å². The molecule has 1 rings (SSSR count). The predicted octanol–water partition coefficient (Wildman–Crippen LogP) is 2.03. The van der Waals surface area contributed by atoms with Crippen LogP contribution < -0.4 is 5.43 Å². The number of carboxylic acid groups (broad SMARTS) is 1. The van der Waals surface area contributed by atoms with Crippen LogP contribution in [0.2, 0.25) is 0 Å². The SMILES string of the molecule is O=C(O)c1c(C(F)(F)F)[nH]c(C(F)F)cc1=O. The molecule has 0 aliphatic carbocycles. The Morgan fingerprint density at radius 2 is 1.88 bits per heavy atom. The van der Waals surface area contributed by atoms with Crippen molar-refractivity contribution in [1.29, 1.82) is 0 Å². The molecule has 0 fully saturated rings. The summed E-state index contributed by atoms with van der Waals surface area (Å²) < 4.78 is 61.4. The molecule has 0 amide bonds. The van der Waals surface area contributed by atoms with Crippen LogP contribution in [0.4, 0.5) is 22.0 Å². The zero-order chi connectivity index (χ0) is 13.4. The summed E-state index contributed by atoms with van der Waals surface area (Å²) in [5.41, 5.74) is -6.51. The molecule has 4 nitrogen and oxygen atoms in total. The van der Waals surface area contributed by atoms with Crippen molar-refractivity contribution < 1.29 is 31.9 Å². The van der Waals surface area contributed by atoms with Crippen LogP contribution in [0, 0.1) is 0 Å². The number of hydrogen-bond acceptors (Lipinski definition) is 2. The maximum atomic E-state index is 12.4. The van der Waals surface area contributed by atoms with E-state index in [-0.39, 0.29) is 6.07 Å². The minimum atomic E-state index is -5.24. The van der Waals surface area contributed by atoms with Crippen molar-refractivity contribution in [3.05, 3.63) is 33.2 Å². The first-order valence-electron chi connectivity index (χ1n) is 4.00. The Hall–Kier alpha value is -1.93. The van der Waals surface area contributed by atoms with Crippen molar-refractivity contribution in [2.24, 2.45) is 0 Å². The smallest absolute Gasteiger partial charge is 0.432 e. The second-order valence-corrected chi connectivity index (χ2v) is 2.94. The Balaban J connectivity index is 3.63. The van der Waals surface area contributed by atoms with E-state index in [0.29, 0.717) is 0 Å². The maximum absolute atomic E-state index is 12.4. The molecule has 0 aliphatic heterocycles. The van der Waals surface area contributed by atoms with E-state index in [0.717, 1.165) is 0 Å². The summed E-state index contributed by atoms with van der Waals surface area (Å²) in [5.74, 6) is -2.14. The number of aromatic nitrogens is 1. The van der Waals surface area contributed by atoms with Gasteiger partial charge in [0, 0.05) is 6.07 Å². The Morgan fingerprint density at radius 1 is 1.35 bits per heavy atom. The van der Waals surface area contributed by atoms with Gasteiger partial charge < -0.3 is 10.1 Å². The first-order chi connectivity index (χ1) is 7.64. The molecule has 94 valence electrons. The van der Waals surface area contributed by atoms with Gasteiger partial charge in [-0.05, 0) is 0 Å². The zero-order valence-electron chi connectivity index (χ0n) is 7.81. The van der Waals surface area contributed by atoms with E-state index in [1.807, 2.05) is 0 Å². The lowest BCUT2D eigenvalue weighted by atomic mass is 10.1. The lowest BCUT2D eigenvalue weighted by molar-refractivity contribution is -0.142. The van der Waals surface area contributed by atoms with Crippen LogP contribution in [0.3, 0.4) is 0 Å². The molecule has 0 saturated heterocycles. The molecule has 0 unspecified atom stereocenters. The Morgan fingerprint density at radius 3 is 2.24 bits per heavy atom. The summed E-state index contributed by atoms with van der Waals surface area (Å²) in [6.45, 7) is 0. The molecular formula is C8H4F5NO3. The number of aromatic carboxylic acids is 1. The summed E-state index contributed by atoms with van der Waals surface area (Å²) in [4.78, 5) is 22.7. The number of carbonyl (C=O) groups is 1. The van der Waals surface area contributed by atoms with E-state index in [1.54, 1.807) is 0 Å². The first kappa shape index (κ1) is 13.1. The third kappa shape index (κ3) is 2.60. The number of H-pyrrole nitrogens is 1. The molecule has 0 aromatic carbocycles. The van der Waals surface area contributed by atoms with Crippen LogP contribution in [0.1, 0.15) is 28.2 Å². The molecule has 1 heterocycles. The van der Waals surface area contributed by atoms with Crippen LogP contribution >= 0.6 is 0 Å². The molecule has 1 aromatic heterocycles. The number of hydrogen-bond donors (Lipinski definition) is 2. The van der Waals surface area contributed by atoms with Gasteiger partial charge in [-0.2, -0.15) is 13.2 Å². The van der Waals surface area contributed by atoms with Crippen molar-refractivity contribution in [2.45, 2.75) is 12.6 Å². The highest BCUT2D eigenvalue weighted by Crippen LogP contribution is 2.30. The van der Waals surface area contributed by atoms with Gasteiger partial charge in [-0.3, -0.25) is 4.79 Å². The minimum absolute atomic E-state index is 0.128. The number of pyridine rings is 1. The average molecular weight is 257 g/mol. The third-order valence-corrected chi connectivity index (χ3v) is 1.78. The molecule has 0 bridgehead atoms. The van der Waals surface area contributed by atoms with E-state index in [2.05, 4.69) is 0 Å². The topological polar surface area (TPSA) is 70.2 Å². The predicted molar refractivity (Wildman–Crippen MR) is 44.0 cm³/mol. The van der Waals surface area contributed by atoms with Crippen LogP contribution in [0.15, 0.2) is 10.9 Å². The molecule has 0 atom stereocenters. The monoisotopic (exact) mass is 257 g/mol. The van der Waals surface area contributed by atoms with Crippen LogP contribution in [0.25, 0.3) is 0 Å². The first-order valence-corrected chi connectivity index (χ1v) is 4.00.